The van der Waals surface area contributed by atoms with Gasteiger partial charge in [0, 0.05) is 13.5 Å². The first-order valence-electron chi connectivity index (χ1n) is 8.58. The summed E-state index contributed by atoms with van der Waals surface area (Å²) in [6, 6.07) is 0. The van der Waals surface area contributed by atoms with Crippen molar-refractivity contribution in [1.82, 2.24) is 5.32 Å². The van der Waals surface area contributed by atoms with Crippen molar-refractivity contribution in [3.8, 4) is 0 Å². The van der Waals surface area contributed by atoms with Crippen LogP contribution in [0.3, 0.4) is 0 Å². The fraction of sp³-hybridized carbons (Fsp3) is 0.812. The van der Waals surface area contributed by atoms with E-state index in [0.717, 1.165) is 0 Å². The molecule has 11 heteroatoms. The highest BCUT2D eigenvalue weighted by atomic mass is 32.2. The van der Waals surface area contributed by atoms with Gasteiger partial charge in [0.2, 0.25) is 5.91 Å². The molecule has 0 aromatic carbocycles. The van der Waals surface area contributed by atoms with Crippen molar-refractivity contribution >= 4 is 28.1 Å². The molecule has 27 heavy (non-hydrogen) atoms. The molecule has 1 N–H and O–H groups in total. The number of carbonyl (C=O) groups excluding carboxylic acids is 3. The number of esters is 1. The first-order chi connectivity index (χ1) is 12.5. The molecule has 0 saturated heterocycles. The van der Waals surface area contributed by atoms with Gasteiger partial charge in [-0.2, -0.15) is 8.42 Å². The van der Waals surface area contributed by atoms with Gasteiger partial charge in [-0.1, -0.05) is 6.92 Å². The third kappa shape index (κ3) is 13.0. The molecule has 0 aliphatic heterocycles. The Hall–Kier alpha value is -1.88. The Bertz CT molecular complexity index is 587. The summed E-state index contributed by atoms with van der Waals surface area (Å²) in [5, 5.41) is 2.48. The standard InChI is InChI=1S/C16H29NO9S/c1-5-8-24-15(20)25-10-9-23-14(19)16(3,4)12-26-27(21,22)11-6-7-17-13(2)18/h5-12H2,1-4H3,(H,17,18). The summed E-state index contributed by atoms with van der Waals surface area (Å²) in [5.41, 5.74) is -1.21. The molecule has 0 saturated carbocycles. The zero-order valence-electron chi connectivity index (χ0n) is 16.2. The summed E-state index contributed by atoms with van der Waals surface area (Å²) >= 11 is 0. The first kappa shape index (κ1) is 25.1. The van der Waals surface area contributed by atoms with Crippen LogP contribution in [0.25, 0.3) is 0 Å². The minimum atomic E-state index is -3.84. The molecule has 0 radical (unpaired) electrons. The van der Waals surface area contributed by atoms with E-state index in [1.54, 1.807) is 0 Å². The van der Waals surface area contributed by atoms with E-state index in [9.17, 15) is 22.8 Å². The summed E-state index contributed by atoms with van der Waals surface area (Å²) in [5.74, 6) is -1.23. The third-order valence-corrected chi connectivity index (χ3v) is 4.32. The Morgan fingerprint density at radius 1 is 1.00 bits per heavy atom. The van der Waals surface area contributed by atoms with E-state index in [2.05, 4.69) is 10.1 Å². The van der Waals surface area contributed by atoms with Crippen molar-refractivity contribution in [2.45, 2.75) is 40.5 Å². The molecular formula is C16H29NO9S. The summed E-state index contributed by atoms with van der Waals surface area (Å²) in [6.45, 7) is 5.80. The van der Waals surface area contributed by atoms with Crippen LogP contribution in [0.15, 0.2) is 0 Å². The van der Waals surface area contributed by atoms with Crippen molar-refractivity contribution in [3.05, 3.63) is 0 Å². The highest BCUT2D eigenvalue weighted by molar-refractivity contribution is 7.86. The summed E-state index contributed by atoms with van der Waals surface area (Å²) in [6.07, 6.45) is 0.00741. The summed E-state index contributed by atoms with van der Waals surface area (Å²) in [4.78, 5) is 33.8. The molecule has 0 rings (SSSR count). The van der Waals surface area contributed by atoms with Crippen LogP contribution in [0.5, 0.6) is 0 Å². The lowest BCUT2D eigenvalue weighted by atomic mass is 9.95. The molecule has 0 aromatic rings. The Balaban J connectivity index is 4.16. The zero-order valence-corrected chi connectivity index (χ0v) is 17.1. The lowest BCUT2D eigenvalue weighted by Gasteiger charge is -2.22. The summed E-state index contributed by atoms with van der Waals surface area (Å²) < 4.78 is 42.8. The van der Waals surface area contributed by atoms with E-state index in [4.69, 9.17) is 13.7 Å². The van der Waals surface area contributed by atoms with Gasteiger partial charge in [0.15, 0.2) is 0 Å². The molecule has 0 fully saturated rings. The van der Waals surface area contributed by atoms with Gasteiger partial charge in [0.1, 0.15) is 13.2 Å². The molecule has 0 aliphatic carbocycles. The predicted molar refractivity (Wildman–Crippen MR) is 95.4 cm³/mol. The first-order valence-corrected chi connectivity index (χ1v) is 10.2. The Morgan fingerprint density at radius 3 is 2.19 bits per heavy atom. The van der Waals surface area contributed by atoms with Crippen LogP contribution in [0.4, 0.5) is 4.79 Å². The normalized spacial score (nSPS) is 11.6. The van der Waals surface area contributed by atoms with Gasteiger partial charge in [0.25, 0.3) is 10.1 Å². The average molecular weight is 411 g/mol. The van der Waals surface area contributed by atoms with E-state index in [0.29, 0.717) is 6.42 Å². The average Bonchev–Trinajstić information content (AvgIpc) is 2.58. The molecule has 0 spiro atoms. The highest BCUT2D eigenvalue weighted by Crippen LogP contribution is 2.19. The van der Waals surface area contributed by atoms with Crippen LogP contribution in [-0.2, 0) is 38.1 Å². The maximum Gasteiger partial charge on any atom is 0.508 e. The molecule has 158 valence electrons. The quantitative estimate of drug-likeness (QED) is 0.267. The second-order valence-corrected chi connectivity index (χ2v) is 8.09. The van der Waals surface area contributed by atoms with E-state index in [1.807, 2.05) is 6.92 Å². The zero-order chi connectivity index (χ0) is 20.9. The molecule has 0 unspecified atom stereocenters. The monoisotopic (exact) mass is 411 g/mol. The Morgan fingerprint density at radius 2 is 1.59 bits per heavy atom. The molecule has 0 heterocycles. The second kappa shape index (κ2) is 12.5. The SMILES string of the molecule is CCCOC(=O)OCCOC(=O)C(C)(C)COS(=O)(=O)CCCNC(C)=O. The van der Waals surface area contributed by atoms with E-state index < -0.39 is 34.3 Å². The highest BCUT2D eigenvalue weighted by Gasteiger charge is 2.32. The maximum absolute atomic E-state index is 12.0. The fourth-order valence-electron chi connectivity index (χ4n) is 1.55. The number of hydrogen-bond donors (Lipinski definition) is 1. The molecule has 0 aromatic heterocycles. The molecule has 10 nitrogen and oxygen atoms in total. The van der Waals surface area contributed by atoms with Crippen LogP contribution in [0, 0.1) is 5.41 Å². The molecule has 0 bridgehead atoms. The van der Waals surface area contributed by atoms with Crippen molar-refractivity contribution in [2.24, 2.45) is 5.41 Å². The minimum absolute atomic E-state index is 0.174. The van der Waals surface area contributed by atoms with Crippen LogP contribution in [-0.4, -0.2) is 65.2 Å². The smallest absolute Gasteiger partial charge is 0.462 e. The van der Waals surface area contributed by atoms with Crippen LogP contribution >= 0.6 is 0 Å². The van der Waals surface area contributed by atoms with Crippen LogP contribution in [0.1, 0.15) is 40.5 Å². The largest absolute Gasteiger partial charge is 0.508 e. The lowest BCUT2D eigenvalue weighted by Crippen LogP contribution is -2.34. The molecular weight excluding hydrogens is 382 g/mol. The number of rotatable bonds is 13. The summed E-state index contributed by atoms with van der Waals surface area (Å²) in [7, 11) is -3.84. The number of nitrogens with one attached hydrogen (secondary N) is 1. The van der Waals surface area contributed by atoms with Gasteiger partial charge in [0.05, 0.1) is 24.4 Å². The maximum atomic E-state index is 12.0. The minimum Gasteiger partial charge on any atom is -0.462 e. The number of hydrogen-bond acceptors (Lipinski definition) is 9. The van der Waals surface area contributed by atoms with Crippen LogP contribution in [0.2, 0.25) is 0 Å². The Labute approximate surface area is 160 Å². The van der Waals surface area contributed by atoms with Crippen molar-refractivity contribution < 1.29 is 41.2 Å². The van der Waals surface area contributed by atoms with Gasteiger partial charge in [-0.05, 0) is 26.7 Å². The van der Waals surface area contributed by atoms with E-state index in [-0.39, 0.29) is 44.4 Å². The van der Waals surface area contributed by atoms with Gasteiger partial charge in [-0.3, -0.25) is 13.8 Å². The predicted octanol–water partition coefficient (Wildman–Crippen LogP) is 0.992. The number of ether oxygens (including phenoxy) is 3. The lowest BCUT2D eigenvalue weighted by molar-refractivity contribution is -0.156. The van der Waals surface area contributed by atoms with Crippen molar-refractivity contribution in [2.75, 3.05) is 38.7 Å². The molecule has 1 amide bonds. The number of carbonyl (C=O) groups is 3. The number of amides is 1. The van der Waals surface area contributed by atoms with Gasteiger partial charge in [-0.25, -0.2) is 4.79 Å². The third-order valence-electron chi connectivity index (χ3n) is 3.06. The van der Waals surface area contributed by atoms with E-state index in [1.165, 1.54) is 20.8 Å². The van der Waals surface area contributed by atoms with Gasteiger partial charge >= 0.3 is 12.1 Å². The van der Waals surface area contributed by atoms with Crippen LogP contribution < -0.4 is 5.32 Å². The van der Waals surface area contributed by atoms with Crippen molar-refractivity contribution in [3.63, 3.8) is 0 Å². The van der Waals surface area contributed by atoms with Gasteiger partial charge < -0.3 is 19.5 Å². The molecule has 0 aliphatic rings. The fourth-order valence-corrected chi connectivity index (χ4v) is 2.64. The van der Waals surface area contributed by atoms with Crippen molar-refractivity contribution in [1.29, 1.82) is 0 Å². The Kier molecular flexibility index (Phi) is 11.6. The molecule has 0 atom stereocenters. The van der Waals surface area contributed by atoms with Gasteiger partial charge in [-0.15, -0.1) is 0 Å². The van der Waals surface area contributed by atoms with E-state index >= 15 is 0 Å². The second-order valence-electron chi connectivity index (χ2n) is 6.33. The topological polar surface area (TPSA) is 134 Å².